The van der Waals surface area contributed by atoms with Gasteiger partial charge in [-0.1, -0.05) is 43.7 Å². The van der Waals surface area contributed by atoms with Crippen LogP contribution in [0, 0.1) is 12.8 Å². The van der Waals surface area contributed by atoms with Crippen LogP contribution >= 0.6 is 0 Å². The van der Waals surface area contributed by atoms with E-state index < -0.39 is 5.54 Å². The van der Waals surface area contributed by atoms with E-state index >= 15 is 0 Å². The summed E-state index contributed by atoms with van der Waals surface area (Å²) in [4.78, 5) is 44.9. The Hall–Kier alpha value is -2.41. The molecule has 3 saturated heterocycles. The second-order valence-electron chi connectivity index (χ2n) is 10.2. The molecule has 0 radical (unpaired) electrons. The Morgan fingerprint density at radius 1 is 1.12 bits per heavy atom. The van der Waals surface area contributed by atoms with Crippen molar-refractivity contribution in [3.8, 4) is 0 Å². The number of rotatable bonds is 5. The monoisotopic (exact) mass is 440 g/mol. The normalized spacial score (nSPS) is 23.8. The number of benzene rings is 1. The molecule has 1 N–H and O–H groups in total. The van der Waals surface area contributed by atoms with Gasteiger partial charge in [-0.05, 0) is 44.1 Å². The highest BCUT2D eigenvalue weighted by Crippen LogP contribution is 2.32. The minimum absolute atomic E-state index is 0.0577. The third-order valence-corrected chi connectivity index (χ3v) is 7.12. The summed E-state index contributed by atoms with van der Waals surface area (Å²) in [5.74, 6) is 0.548. The predicted octanol–water partition coefficient (Wildman–Crippen LogP) is 2.57. The fourth-order valence-corrected chi connectivity index (χ4v) is 5.33. The zero-order chi connectivity index (χ0) is 22.9. The quantitative estimate of drug-likeness (QED) is 0.715. The second-order valence-corrected chi connectivity index (χ2v) is 10.2. The fraction of sp³-hybridized carbons (Fsp3) is 0.640. The number of urea groups is 1. The molecule has 3 heterocycles. The molecule has 3 aliphatic rings. The van der Waals surface area contributed by atoms with Crippen LogP contribution < -0.4 is 5.32 Å². The predicted molar refractivity (Wildman–Crippen MR) is 123 cm³/mol. The van der Waals surface area contributed by atoms with Crippen molar-refractivity contribution in [3.05, 3.63) is 35.4 Å². The molecule has 3 fully saturated rings. The fourth-order valence-electron chi connectivity index (χ4n) is 5.33. The minimum Gasteiger partial charge on any atom is -0.340 e. The Bertz CT molecular complexity index is 858. The number of aryl methyl sites for hydroxylation is 1. The van der Waals surface area contributed by atoms with Crippen LogP contribution in [0.2, 0.25) is 0 Å². The van der Waals surface area contributed by atoms with Crippen molar-refractivity contribution in [1.29, 1.82) is 0 Å². The van der Waals surface area contributed by atoms with Gasteiger partial charge in [0.25, 0.3) is 5.91 Å². The van der Waals surface area contributed by atoms with Crippen LogP contribution in [0.15, 0.2) is 24.3 Å². The summed E-state index contributed by atoms with van der Waals surface area (Å²) in [5, 5.41) is 3.04. The number of hydrogen-bond acceptors (Lipinski definition) is 4. The lowest BCUT2D eigenvalue weighted by molar-refractivity contribution is -0.139. The molecule has 7 heteroatoms. The van der Waals surface area contributed by atoms with Crippen LogP contribution in [0.4, 0.5) is 4.79 Å². The lowest BCUT2D eigenvalue weighted by atomic mass is 9.86. The van der Waals surface area contributed by atoms with E-state index in [0.717, 1.165) is 38.0 Å². The molecule has 0 saturated carbocycles. The maximum absolute atomic E-state index is 13.4. The smallest absolute Gasteiger partial charge is 0.325 e. The van der Waals surface area contributed by atoms with Crippen molar-refractivity contribution in [2.75, 3.05) is 32.7 Å². The summed E-state index contributed by atoms with van der Waals surface area (Å²) in [6.45, 7) is 10.2. The largest absolute Gasteiger partial charge is 0.340 e. The average molecular weight is 441 g/mol. The van der Waals surface area contributed by atoms with Gasteiger partial charge < -0.3 is 15.1 Å². The van der Waals surface area contributed by atoms with Crippen molar-refractivity contribution in [3.63, 3.8) is 0 Å². The first kappa shape index (κ1) is 22.8. The van der Waals surface area contributed by atoms with Gasteiger partial charge in [-0.15, -0.1) is 0 Å². The third kappa shape index (κ3) is 4.68. The van der Waals surface area contributed by atoms with Crippen molar-refractivity contribution in [2.45, 2.75) is 64.5 Å². The molecule has 1 aromatic rings. The average Bonchev–Trinajstić information content (AvgIpc) is 3.00. The summed E-state index contributed by atoms with van der Waals surface area (Å²) >= 11 is 0. The zero-order valence-electron chi connectivity index (χ0n) is 19.6. The summed E-state index contributed by atoms with van der Waals surface area (Å²) in [6, 6.07) is 7.47. The first-order valence-electron chi connectivity index (χ1n) is 12.0. The number of nitrogens with zero attached hydrogens (tertiary/aromatic N) is 3. The molecule has 1 atom stereocenters. The molecule has 0 bridgehead atoms. The van der Waals surface area contributed by atoms with E-state index in [4.69, 9.17) is 0 Å². The number of likely N-dealkylation sites (tertiary alicyclic amines) is 2. The zero-order valence-corrected chi connectivity index (χ0v) is 19.6. The number of nitrogens with one attached hydrogen (secondary N) is 1. The summed E-state index contributed by atoms with van der Waals surface area (Å²) in [6.07, 6.45) is 3.22. The van der Waals surface area contributed by atoms with Crippen LogP contribution in [-0.4, -0.2) is 76.8 Å². The number of piperidine rings is 2. The van der Waals surface area contributed by atoms with E-state index in [2.05, 4.69) is 24.1 Å². The Morgan fingerprint density at radius 2 is 1.81 bits per heavy atom. The number of imide groups is 1. The highest BCUT2D eigenvalue weighted by molar-refractivity contribution is 6.07. The minimum atomic E-state index is -0.765. The molecule has 0 aliphatic carbocycles. The molecular weight excluding hydrogens is 404 g/mol. The summed E-state index contributed by atoms with van der Waals surface area (Å²) < 4.78 is 0. The molecule has 174 valence electrons. The topological polar surface area (TPSA) is 73.0 Å². The molecule has 32 heavy (non-hydrogen) atoms. The van der Waals surface area contributed by atoms with Crippen LogP contribution in [0.25, 0.3) is 0 Å². The van der Waals surface area contributed by atoms with E-state index in [0.29, 0.717) is 38.3 Å². The van der Waals surface area contributed by atoms with Gasteiger partial charge in [0.05, 0.1) is 12.5 Å². The molecule has 7 nitrogen and oxygen atoms in total. The number of carbonyl (C=O) groups excluding carboxylic acids is 3. The standard InChI is InChI=1S/C25H36N4O3/c1-18(2)16-27-13-10-25(11-14-27)23(31)29(24(32)26-25)21-5-4-12-28(17-21)22(30)15-20-8-6-19(3)7-9-20/h6-9,18,21H,4-5,10-17H2,1-3H3,(H,26,32)/t21-/m0/s1. The lowest BCUT2D eigenvalue weighted by Gasteiger charge is -2.39. The molecular formula is C25H36N4O3. The third-order valence-electron chi connectivity index (χ3n) is 7.12. The van der Waals surface area contributed by atoms with Crippen LogP contribution in [0.1, 0.15) is 50.7 Å². The van der Waals surface area contributed by atoms with Gasteiger partial charge >= 0.3 is 6.03 Å². The van der Waals surface area contributed by atoms with E-state index in [9.17, 15) is 14.4 Å². The summed E-state index contributed by atoms with van der Waals surface area (Å²) in [5.41, 5.74) is 1.39. The molecule has 0 unspecified atom stereocenters. The van der Waals surface area contributed by atoms with Gasteiger partial charge in [0, 0.05) is 32.7 Å². The summed E-state index contributed by atoms with van der Waals surface area (Å²) in [7, 11) is 0. The highest BCUT2D eigenvalue weighted by atomic mass is 16.2. The van der Waals surface area contributed by atoms with Crippen molar-refractivity contribution < 1.29 is 14.4 Å². The maximum atomic E-state index is 13.4. The molecule has 4 amide bonds. The van der Waals surface area contributed by atoms with Gasteiger partial charge in [-0.25, -0.2) is 4.79 Å². The molecule has 1 spiro atoms. The second kappa shape index (κ2) is 9.22. The van der Waals surface area contributed by atoms with Crippen LogP contribution in [-0.2, 0) is 16.0 Å². The van der Waals surface area contributed by atoms with Gasteiger partial charge in [-0.2, -0.15) is 0 Å². The Labute approximate surface area is 191 Å². The van der Waals surface area contributed by atoms with Gasteiger partial charge in [0.15, 0.2) is 0 Å². The van der Waals surface area contributed by atoms with Gasteiger partial charge in [-0.3, -0.25) is 14.5 Å². The molecule has 1 aromatic carbocycles. The SMILES string of the molecule is Cc1ccc(CC(=O)N2CCC[C@H](N3C(=O)NC4(CCN(CC(C)C)CC4)C3=O)C2)cc1. The first-order valence-corrected chi connectivity index (χ1v) is 12.0. The number of amides is 4. The molecule has 4 rings (SSSR count). The van der Waals surface area contributed by atoms with E-state index in [-0.39, 0.29) is 23.9 Å². The maximum Gasteiger partial charge on any atom is 0.325 e. The van der Waals surface area contributed by atoms with Crippen LogP contribution in [0.3, 0.4) is 0 Å². The Morgan fingerprint density at radius 3 is 2.47 bits per heavy atom. The lowest BCUT2D eigenvalue weighted by Crippen LogP contribution is -2.56. The highest BCUT2D eigenvalue weighted by Gasteiger charge is 2.54. The first-order chi connectivity index (χ1) is 15.3. The van der Waals surface area contributed by atoms with E-state index in [1.54, 1.807) is 0 Å². The van der Waals surface area contributed by atoms with Gasteiger partial charge in [0.2, 0.25) is 5.91 Å². The van der Waals surface area contributed by atoms with E-state index in [1.165, 1.54) is 10.5 Å². The van der Waals surface area contributed by atoms with Crippen molar-refractivity contribution >= 4 is 17.8 Å². The van der Waals surface area contributed by atoms with Gasteiger partial charge in [0.1, 0.15) is 5.54 Å². The molecule has 3 aliphatic heterocycles. The van der Waals surface area contributed by atoms with Crippen molar-refractivity contribution in [2.24, 2.45) is 5.92 Å². The molecule has 0 aromatic heterocycles. The Kier molecular flexibility index (Phi) is 6.56. The van der Waals surface area contributed by atoms with E-state index in [1.807, 2.05) is 36.1 Å². The number of hydrogen-bond donors (Lipinski definition) is 1. The van der Waals surface area contributed by atoms with Crippen LogP contribution in [0.5, 0.6) is 0 Å². The number of carbonyl (C=O) groups is 3. The van der Waals surface area contributed by atoms with Crippen molar-refractivity contribution in [1.82, 2.24) is 20.0 Å². The Balaban J connectivity index is 1.39.